The molecule has 0 unspecified atom stereocenters. The van der Waals surface area contributed by atoms with Crippen LogP contribution in [0.25, 0.3) is 11.0 Å². The Labute approximate surface area is 153 Å². The van der Waals surface area contributed by atoms with E-state index in [0.29, 0.717) is 25.3 Å². The monoisotopic (exact) mass is 405 g/mol. The molecule has 0 N–H and O–H groups in total. The van der Waals surface area contributed by atoms with Gasteiger partial charge < -0.3 is 9.15 Å². The van der Waals surface area contributed by atoms with Crippen molar-refractivity contribution in [3.63, 3.8) is 0 Å². The van der Waals surface area contributed by atoms with Gasteiger partial charge in [0.05, 0.1) is 0 Å². The lowest BCUT2D eigenvalue weighted by Gasteiger charge is -2.18. The van der Waals surface area contributed by atoms with E-state index in [1.807, 2.05) is 24.1 Å². The maximum absolute atomic E-state index is 13.5. The van der Waals surface area contributed by atoms with Crippen LogP contribution in [-0.2, 0) is 6.54 Å². The average molecular weight is 406 g/mol. The lowest BCUT2D eigenvalue weighted by molar-refractivity contribution is 0.227. The highest BCUT2D eigenvalue weighted by molar-refractivity contribution is 9.10. The second-order valence-corrected chi connectivity index (χ2v) is 6.66. The van der Waals surface area contributed by atoms with Gasteiger partial charge in [0.15, 0.2) is 11.6 Å². The summed E-state index contributed by atoms with van der Waals surface area (Å²) < 4.78 is 25.1. The summed E-state index contributed by atoms with van der Waals surface area (Å²) in [5, 5.41) is 0.893. The summed E-state index contributed by atoms with van der Waals surface area (Å²) >= 11 is 3.37. The topological polar surface area (TPSA) is 42.7 Å². The number of para-hydroxylation sites is 1. The van der Waals surface area contributed by atoms with Crippen LogP contribution in [0.4, 0.5) is 4.39 Å². The largest absolute Gasteiger partial charge is 0.489 e. The Morgan fingerprint density at radius 3 is 2.80 bits per heavy atom. The average Bonchev–Trinajstić information content (AvgIpc) is 2.56. The quantitative estimate of drug-likeness (QED) is 0.576. The van der Waals surface area contributed by atoms with Crippen molar-refractivity contribution in [3.8, 4) is 5.75 Å². The van der Waals surface area contributed by atoms with Gasteiger partial charge in [-0.05, 0) is 42.9 Å². The molecule has 1 aromatic heterocycles. The third-order valence-electron chi connectivity index (χ3n) is 3.80. The molecule has 0 saturated carbocycles. The molecule has 25 heavy (non-hydrogen) atoms. The van der Waals surface area contributed by atoms with Crippen LogP contribution in [0.3, 0.4) is 0 Å². The first-order valence-corrected chi connectivity index (χ1v) is 8.60. The normalized spacial score (nSPS) is 11.2. The molecule has 0 spiro atoms. The summed E-state index contributed by atoms with van der Waals surface area (Å²) in [5.74, 6) is -0.131. The van der Waals surface area contributed by atoms with Gasteiger partial charge in [0.2, 0.25) is 0 Å². The van der Waals surface area contributed by atoms with E-state index in [-0.39, 0.29) is 17.2 Å². The fourth-order valence-corrected chi connectivity index (χ4v) is 2.92. The zero-order chi connectivity index (χ0) is 17.8. The minimum atomic E-state index is -0.378. The van der Waals surface area contributed by atoms with E-state index in [1.165, 1.54) is 12.1 Å². The Hall–Kier alpha value is -2.18. The van der Waals surface area contributed by atoms with Crippen molar-refractivity contribution in [1.82, 2.24) is 4.90 Å². The van der Waals surface area contributed by atoms with Crippen LogP contribution in [0.1, 0.15) is 5.56 Å². The minimum absolute atomic E-state index is 0.242. The van der Waals surface area contributed by atoms with E-state index in [9.17, 15) is 9.18 Å². The van der Waals surface area contributed by atoms with Gasteiger partial charge in [0.25, 0.3) is 0 Å². The van der Waals surface area contributed by atoms with Crippen LogP contribution in [0.2, 0.25) is 0 Å². The number of fused-ring (bicyclic) bond motifs is 1. The van der Waals surface area contributed by atoms with Crippen molar-refractivity contribution >= 4 is 26.9 Å². The number of nitrogens with zero attached hydrogens (tertiary/aromatic N) is 1. The predicted molar refractivity (Wildman–Crippen MR) is 98.4 cm³/mol. The molecule has 1 heterocycles. The van der Waals surface area contributed by atoms with E-state index in [4.69, 9.17) is 9.15 Å². The zero-order valence-corrected chi connectivity index (χ0v) is 15.3. The summed E-state index contributed by atoms with van der Waals surface area (Å²) in [4.78, 5) is 13.8. The van der Waals surface area contributed by atoms with Crippen molar-refractivity contribution in [2.24, 2.45) is 0 Å². The fourth-order valence-electron chi connectivity index (χ4n) is 2.58. The summed E-state index contributed by atoms with van der Waals surface area (Å²) in [7, 11) is 1.92. The van der Waals surface area contributed by atoms with Gasteiger partial charge >= 0.3 is 5.63 Å². The Balaban J connectivity index is 1.67. The van der Waals surface area contributed by atoms with E-state index in [1.54, 1.807) is 24.3 Å². The SMILES string of the molecule is CN(CCOc1ccccc1F)Cc1cc(=O)oc2cc(Br)ccc12. The third kappa shape index (κ3) is 4.46. The van der Waals surface area contributed by atoms with Gasteiger partial charge in [-0.25, -0.2) is 9.18 Å². The van der Waals surface area contributed by atoms with Crippen molar-refractivity contribution in [2.45, 2.75) is 6.54 Å². The van der Waals surface area contributed by atoms with Crippen molar-refractivity contribution < 1.29 is 13.5 Å². The lowest BCUT2D eigenvalue weighted by atomic mass is 10.1. The zero-order valence-electron chi connectivity index (χ0n) is 13.7. The molecule has 0 radical (unpaired) electrons. The fraction of sp³-hybridized carbons (Fsp3) is 0.211. The Morgan fingerprint density at radius 2 is 2.00 bits per heavy atom. The minimum Gasteiger partial charge on any atom is -0.489 e. The van der Waals surface area contributed by atoms with Crippen LogP contribution >= 0.6 is 15.9 Å². The molecular weight excluding hydrogens is 389 g/mol. The number of ether oxygens (including phenoxy) is 1. The van der Waals surface area contributed by atoms with E-state index < -0.39 is 0 Å². The molecule has 3 rings (SSSR count). The molecule has 3 aromatic rings. The number of benzene rings is 2. The first kappa shape index (κ1) is 17.6. The van der Waals surface area contributed by atoms with Crippen LogP contribution < -0.4 is 10.4 Å². The number of halogens is 2. The molecule has 2 aromatic carbocycles. The maximum atomic E-state index is 13.5. The summed E-state index contributed by atoms with van der Waals surface area (Å²) in [6.45, 7) is 1.50. The van der Waals surface area contributed by atoms with Gasteiger partial charge in [-0.2, -0.15) is 0 Å². The van der Waals surface area contributed by atoms with Crippen molar-refractivity contribution in [1.29, 1.82) is 0 Å². The smallest absolute Gasteiger partial charge is 0.336 e. The highest BCUT2D eigenvalue weighted by Crippen LogP contribution is 2.22. The van der Waals surface area contributed by atoms with Crippen LogP contribution in [0.5, 0.6) is 5.75 Å². The summed E-state index contributed by atoms with van der Waals surface area (Å²) in [5.41, 5.74) is 1.05. The van der Waals surface area contributed by atoms with Crippen molar-refractivity contribution in [3.05, 3.63) is 74.8 Å². The number of likely N-dealkylation sites (N-methyl/N-ethyl adjacent to an activating group) is 1. The van der Waals surface area contributed by atoms with Crippen LogP contribution in [0.15, 0.2) is 62.2 Å². The second kappa shape index (κ2) is 7.80. The highest BCUT2D eigenvalue weighted by Gasteiger charge is 2.09. The Morgan fingerprint density at radius 1 is 1.20 bits per heavy atom. The summed E-state index contributed by atoms with van der Waals surface area (Å²) in [6.07, 6.45) is 0. The lowest BCUT2D eigenvalue weighted by Crippen LogP contribution is -2.24. The van der Waals surface area contributed by atoms with Gasteiger partial charge in [-0.15, -0.1) is 0 Å². The van der Waals surface area contributed by atoms with E-state index in [0.717, 1.165) is 15.4 Å². The van der Waals surface area contributed by atoms with Gasteiger partial charge in [0, 0.05) is 29.0 Å². The third-order valence-corrected chi connectivity index (χ3v) is 4.29. The molecule has 0 aliphatic heterocycles. The molecule has 0 bridgehead atoms. The van der Waals surface area contributed by atoms with Gasteiger partial charge in [-0.3, -0.25) is 4.90 Å². The van der Waals surface area contributed by atoms with Gasteiger partial charge in [-0.1, -0.05) is 28.1 Å². The standard InChI is InChI=1S/C19H17BrFNO3/c1-22(8-9-24-17-5-3-2-4-16(17)21)12-13-10-19(23)25-18-11-14(20)6-7-15(13)18/h2-7,10-11H,8-9,12H2,1H3. The molecule has 0 atom stereocenters. The van der Waals surface area contributed by atoms with Crippen LogP contribution in [-0.4, -0.2) is 25.1 Å². The first-order chi connectivity index (χ1) is 12.0. The van der Waals surface area contributed by atoms with E-state index in [2.05, 4.69) is 15.9 Å². The molecule has 4 nitrogen and oxygen atoms in total. The first-order valence-electron chi connectivity index (χ1n) is 7.81. The molecule has 0 aliphatic rings. The van der Waals surface area contributed by atoms with E-state index >= 15 is 0 Å². The van der Waals surface area contributed by atoms with Gasteiger partial charge in [0.1, 0.15) is 12.2 Å². The van der Waals surface area contributed by atoms with Crippen molar-refractivity contribution in [2.75, 3.05) is 20.2 Å². The maximum Gasteiger partial charge on any atom is 0.336 e. The predicted octanol–water partition coefficient (Wildman–Crippen LogP) is 4.21. The molecule has 0 amide bonds. The van der Waals surface area contributed by atoms with Crippen LogP contribution in [0, 0.1) is 5.82 Å². The molecule has 0 aliphatic carbocycles. The number of rotatable bonds is 6. The number of hydrogen-bond donors (Lipinski definition) is 0. The highest BCUT2D eigenvalue weighted by atomic mass is 79.9. The number of hydrogen-bond acceptors (Lipinski definition) is 4. The molecular formula is C19H17BrFNO3. The Bertz CT molecular complexity index is 941. The second-order valence-electron chi connectivity index (χ2n) is 5.75. The molecule has 6 heteroatoms. The summed E-state index contributed by atoms with van der Waals surface area (Å²) in [6, 6.07) is 13.4. The molecule has 130 valence electrons. The molecule has 0 saturated heterocycles. The molecule has 0 fully saturated rings. The Kier molecular flexibility index (Phi) is 5.50.